The number of hydrogen-bond acceptors (Lipinski definition) is 3. The van der Waals surface area contributed by atoms with Gasteiger partial charge in [0.05, 0.1) is 12.6 Å². The molecule has 1 amide bonds. The standard InChI is InChI=1S/C29H34ClN3O/c1-21-19-26(30)12-13-27(21)29(25-7-4-3-5-8-25)32-28(34)20-33-17-14-23(15-18-33)10-11-24-9-6-16-31-22(24)2/h3-9,12-13,16,19,23,29H,10-11,14-15,17-18,20H2,1-2H3,(H,32,34). The summed E-state index contributed by atoms with van der Waals surface area (Å²) in [6, 6.07) is 20.0. The SMILES string of the molecule is Cc1cc(Cl)ccc1C(NC(=O)CN1CCC(CCc2cccnc2C)CC1)c1ccccc1. The highest BCUT2D eigenvalue weighted by Crippen LogP contribution is 2.27. The number of nitrogens with one attached hydrogen (secondary N) is 1. The summed E-state index contributed by atoms with van der Waals surface area (Å²) in [7, 11) is 0. The summed E-state index contributed by atoms with van der Waals surface area (Å²) in [4.78, 5) is 19.8. The van der Waals surface area contributed by atoms with Crippen LogP contribution in [0.1, 0.15) is 53.3 Å². The molecule has 4 nitrogen and oxygen atoms in total. The highest BCUT2D eigenvalue weighted by Gasteiger charge is 2.23. The molecule has 2 aromatic carbocycles. The van der Waals surface area contributed by atoms with Crippen molar-refractivity contribution in [2.75, 3.05) is 19.6 Å². The van der Waals surface area contributed by atoms with Gasteiger partial charge in [-0.05, 0) is 99.0 Å². The molecule has 0 saturated carbocycles. The summed E-state index contributed by atoms with van der Waals surface area (Å²) in [5, 5.41) is 4.00. The van der Waals surface area contributed by atoms with Crippen molar-refractivity contribution in [3.8, 4) is 0 Å². The van der Waals surface area contributed by atoms with Crippen molar-refractivity contribution in [2.45, 2.75) is 45.6 Å². The van der Waals surface area contributed by atoms with Gasteiger partial charge >= 0.3 is 0 Å². The van der Waals surface area contributed by atoms with Crippen LogP contribution in [0.2, 0.25) is 5.02 Å². The Morgan fingerprint density at radius 1 is 1.09 bits per heavy atom. The molecule has 34 heavy (non-hydrogen) atoms. The number of carbonyl (C=O) groups excluding carboxylic acids is 1. The van der Waals surface area contributed by atoms with Gasteiger partial charge in [0.2, 0.25) is 5.91 Å². The second kappa shape index (κ2) is 11.6. The second-order valence-electron chi connectivity index (χ2n) is 9.42. The van der Waals surface area contributed by atoms with Crippen LogP contribution in [0.4, 0.5) is 0 Å². The molecule has 4 rings (SSSR count). The number of carbonyl (C=O) groups is 1. The van der Waals surface area contributed by atoms with Crippen LogP contribution in [-0.2, 0) is 11.2 Å². The number of hydrogen-bond donors (Lipinski definition) is 1. The molecule has 5 heteroatoms. The van der Waals surface area contributed by atoms with Crippen molar-refractivity contribution in [1.29, 1.82) is 0 Å². The number of halogens is 1. The van der Waals surface area contributed by atoms with Gasteiger partial charge in [0.25, 0.3) is 0 Å². The molecule has 2 heterocycles. The van der Waals surface area contributed by atoms with Crippen LogP contribution in [0.25, 0.3) is 0 Å². The number of rotatable bonds is 8. The van der Waals surface area contributed by atoms with Crippen LogP contribution >= 0.6 is 11.6 Å². The number of pyridine rings is 1. The molecule has 0 radical (unpaired) electrons. The Balaban J connectivity index is 1.32. The van der Waals surface area contributed by atoms with Gasteiger partial charge < -0.3 is 5.32 Å². The van der Waals surface area contributed by atoms with Gasteiger partial charge in [0.15, 0.2) is 0 Å². The average Bonchev–Trinajstić information content (AvgIpc) is 2.84. The van der Waals surface area contributed by atoms with Crippen molar-refractivity contribution in [3.05, 3.63) is 99.8 Å². The summed E-state index contributed by atoms with van der Waals surface area (Å²) >= 11 is 6.18. The molecule has 1 N–H and O–H groups in total. The van der Waals surface area contributed by atoms with Gasteiger partial charge in [0.1, 0.15) is 0 Å². The topological polar surface area (TPSA) is 45.2 Å². The molecule has 1 fully saturated rings. The molecular formula is C29H34ClN3O. The minimum atomic E-state index is -0.189. The number of likely N-dealkylation sites (tertiary alicyclic amines) is 1. The van der Waals surface area contributed by atoms with Crippen molar-refractivity contribution >= 4 is 17.5 Å². The maximum atomic E-state index is 13.1. The van der Waals surface area contributed by atoms with Crippen molar-refractivity contribution in [1.82, 2.24) is 15.2 Å². The van der Waals surface area contributed by atoms with Crippen LogP contribution < -0.4 is 5.32 Å². The van der Waals surface area contributed by atoms with Gasteiger partial charge in [-0.1, -0.05) is 54.1 Å². The Morgan fingerprint density at radius 2 is 1.85 bits per heavy atom. The third-order valence-electron chi connectivity index (χ3n) is 6.99. The third kappa shape index (κ3) is 6.46. The number of benzene rings is 2. The highest BCUT2D eigenvalue weighted by atomic mass is 35.5. The lowest BCUT2D eigenvalue weighted by Crippen LogP contribution is -2.42. The van der Waals surface area contributed by atoms with Gasteiger partial charge in [-0.15, -0.1) is 0 Å². The normalized spacial score (nSPS) is 15.7. The number of aryl methyl sites for hydroxylation is 3. The highest BCUT2D eigenvalue weighted by molar-refractivity contribution is 6.30. The Bertz CT molecular complexity index is 1090. The van der Waals surface area contributed by atoms with Crippen LogP contribution in [0.3, 0.4) is 0 Å². The van der Waals surface area contributed by atoms with Gasteiger partial charge in [-0.3, -0.25) is 14.7 Å². The Morgan fingerprint density at radius 3 is 2.56 bits per heavy atom. The fourth-order valence-corrected chi connectivity index (χ4v) is 5.16. The molecule has 3 aromatic rings. The monoisotopic (exact) mass is 475 g/mol. The molecule has 1 aromatic heterocycles. The largest absolute Gasteiger partial charge is 0.344 e. The van der Waals surface area contributed by atoms with E-state index in [0.29, 0.717) is 17.5 Å². The molecule has 178 valence electrons. The smallest absolute Gasteiger partial charge is 0.234 e. The zero-order chi connectivity index (χ0) is 23.9. The van der Waals surface area contributed by atoms with Crippen molar-refractivity contribution < 1.29 is 4.79 Å². The summed E-state index contributed by atoms with van der Waals surface area (Å²) in [6.07, 6.45) is 6.43. The van der Waals surface area contributed by atoms with Crippen molar-refractivity contribution in [2.24, 2.45) is 5.92 Å². The molecule has 1 aliphatic heterocycles. The first-order chi connectivity index (χ1) is 16.5. The predicted molar refractivity (Wildman–Crippen MR) is 139 cm³/mol. The summed E-state index contributed by atoms with van der Waals surface area (Å²) < 4.78 is 0. The molecule has 0 bridgehead atoms. The zero-order valence-corrected chi connectivity index (χ0v) is 20.9. The quantitative estimate of drug-likeness (QED) is 0.441. The van der Waals surface area contributed by atoms with Gasteiger partial charge in [-0.2, -0.15) is 0 Å². The van der Waals surface area contributed by atoms with E-state index in [-0.39, 0.29) is 11.9 Å². The molecule has 1 aliphatic rings. The lowest BCUT2D eigenvalue weighted by Gasteiger charge is -2.32. The molecule has 0 aliphatic carbocycles. The first-order valence-corrected chi connectivity index (χ1v) is 12.6. The summed E-state index contributed by atoms with van der Waals surface area (Å²) in [6.45, 7) is 6.51. The number of amides is 1. The van der Waals surface area contributed by atoms with E-state index in [9.17, 15) is 4.79 Å². The molecule has 0 spiro atoms. The minimum absolute atomic E-state index is 0.0626. The first-order valence-electron chi connectivity index (χ1n) is 12.2. The first kappa shape index (κ1) is 24.4. The Kier molecular flexibility index (Phi) is 8.36. The number of nitrogens with zero attached hydrogens (tertiary/aromatic N) is 2. The predicted octanol–water partition coefficient (Wildman–Crippen LogP) is 5.90. The fraction of sp³-hybridized carbons (Fsp3) is 0.379. The van der Waals surface area contributed by atoms with Crippen LogP contribution in [0.5, 0.6) is 0 Å². The van der Waals surface area contributed by atoms with E-state index in [1.165, 1.54) is 12.0 Å². The Hall–Kier alpha value is -2.69. The number of aromatic nitrogens is 1. The lowest BCUT2D eigenvalue weighted by atomic mass is 9.90. The molecule has 1 saturated heterocycles. The van der Waals surface area contributed by atoms with E-state index in [1.807, 2.05) is 55.6 Å². The third-order valence-corrected chi connectivity index (χ3v) is 7.23. The van der Waals surface area contributed by atoms with Gasteiger partial charge in [0, 0.05) is 16.9 Å². The van der Waals surface area contributed by atoms with Crippen LogP contribution in [0, 0.1) is 19.8 Å². The maximum Gasteiger partial charge on any atom is 0.234 e. The lowest BCUT2D eigenvalue weighted by molar-refractivity contribution is -0.123. The van der Waals surface area contributed by atoms with Crippen LogP contribution in [-0.4, -0.2) is 35.4 Å². The van der Waals surface area contributed by atoms with E-state index < -0.39 is 0 Å². The second-order valence-corrected chi connectivity index (χ2v) is 9.85. The molecular weight excluding hydrogens is 442 g/mol. The Labute approximate surface area is 208 Å². The van der Waals surface area contributed by atoms with E-state index in [2.05, 4.69) is 40.3 Å². The van der Waals surface area contributed by atoms with E-state index in [1.54, 1.807) is 0 Å². The minimum Gasteiger partial charge on any atom is -0.344 e. The van der Waals surface area contributed by atoms with Crippen molar-refractivity contribution in [3.63, 3.8) is 0 Å². The fourth-order valence-electron chi connectivity index (χ4n) is 4.93. The molecule has 1 atom stereocenters. The zero-order valence-electron chi connectivity index (χ0n) is 20.1. The summed E-state index contributed by atoms with van der Waals surface area (Å²) in [5.41, 5.74) is 5.72. The van der Waals surface area contributed by atoms with E-state index >= 15 is 0 Å². The van der Waals surface area contributed by atoms with Crippen LogP contribution in [0.15, 0.2) is 66.9 Å². The van der Waals surface area contributed by atoms with Gasteiger partial charge in [-0.25, -0.2) is 0 Å². The maximum absolute atomic E-state index is 13.1. The number of piperidine rings is 1. The molecule has 1 unspecified atom stereocenters. The van der Waals surface area contributed by atoms with E-state index in [0.717, 1.165) is 54.7 Å². The van der Waals surface area contributed by atoms with E-state index in [4.69, 9.17) is 11.6 Å². The summed E-state index contributed by atoms with van der Waals surface area (Å²) in [5.74, 6) is 0.778. The average molecular weight is 476 g/mol.